The Morgan fingerprint density at radius 2 is 2.24 bits per heavy atom. The van der Waals surface area contributed by atoms with Gasteiger partial charge in [0.2, 0.25) is 0 Å². The number of ether oxygens (including phenoxy) is 1. The molecule has 0 aliphatic carbocycles. The molecule has 0 radical (unpaired) electrons. The second kappa shape index (κ2) is 7.58. The van der Waals surface area contributed by atoms with Crippen molar-refractivity contribution in [2.75, 3.05) is 18.6 Å². The quantitative estimate of drug-likeness (QED) is 0.446. The molecule has 0 saturated heterocycles. The van der Waals surface area contributed by atoms with E-state index in [-0.39, 0.29) is 6.04 Å². The van der Waals surface area contributed by atoms with Crippen molar-refractivity contribution < 1.29 is 4.74 Å². The van der Waals surface area contributed by atoms with Gasteiger partial charge in [-0.05, 0) is 42.4 Å². The summed E-state index contributed by atoms with van der Waals surface area (Å²) in [4.78, 5) is 0. The van der Waals surface area contributed by atoms with Crippen molar-refractivity contribution in [1.29, 1.82) is 0 Å². The van der Waals surface area contributed by atoms with E-state index in [9.17, 15) is 0 Å². The zero-order chi connectivity index (χ0) is 12.7. The SMILES string of the molecule is CCCSCC(NN)c1ccc(OC)cc1C. The lowest BCUT2D eigenvalue weighted by molar-refractivity contribution is 0.414. The van der Waals surface area contributed by atoms with Gasteiger partial charge in [-0.3, -0.25) is 11.3 Å². The summed E-state index contributed by atoms with van der Waals surface area (Å²) in [5, 5.41) is 0. The van der Waals surface area contributed by atoms with Crippen molar-refractivity contribution in [3.8, 4) is 5.75 Å². The smallest absolute Gasteiger partial charge is 0.119 e. The lowest BCUT2D eigenvalue weighted by Gasteiger charge is -2.18. The number of nitrogens with one attached hydrogen (secondary N) is 1. The summed E-state index contributed by atoms with van der Waals surface area (Å²) in [6.45, 7) is 4.28. The van der Waals surface area contributed by atoms with Crippen molar-refractivity contribution in [3.05, 3.63) is 29.3 Å². The molecule has 1 atom stereocenters. The predicted octanol–water partition coefficient (Wildman–Crippen LogP) is 2.65. The third-order valence-corrected chi connectivity index (χ3v) is 3.95. The van der Waals surface area contributed by atoms with Crippen LogP contribution in [0.4, 0.5) is 0 Å². The maximum atomic E-state index is 5.63. The van der Waals surface area contributed by atoms with E-state index in [1.54, 1.807) is 7.11 Å². The number of aryl methyl sites for hydroxylation is 1. The molecule has 1 unspecified atom stereocenters. The van der Waals surface area contributed by atoms with Gasteiger partial charge >= 0.3 is 0 Å². The lowest BCUT2D eigenvalue weighted by atomic mass is 10.0. The Hall–Kier alpha value is -0.710. The Balaban J connectivity index is 2.73. The molecule has 96 valence electrons. The van der Waals surface area contributed by atoms with Gasteiger partial charge < -0.3 is 4.74 Å². The first-order valence-electron chi connectivity index (χ1n) is 5.91. The van der Waals surface area contributed by atoms with E-state index < -0.39 is 0 Å². The number of nitrogens with two attached hydrogens (primary N) is 1. The van der Waals surface area contributed by atoms with Crippen LogP contribution in [0, 0.1) is 6.92 Å². The molecule has 3 nitrogen and oxygen atoms in total. The van der Waals surface area contributed by atoms with E-state index in [4.69, 9.17) is 10.6 Å². The molecule has 17 heavy (non-hydrogen) atoms. The molecule has 1 rings (SSSR count). The Morgan fingerprint density at radius 1 is 1.47 bits per heavy atom. The number of hydrogen-bond donors (Lipinski definition) is 2. The van der Waals surface area contributed by atoms with Crippen molar-refractivity contribution in [2.45, 2.75) is 26.3 Å². The Bertz CT molecular complexity index is 344. The molecule has 0 aromatic heterocycles. The number of methoxy groups -OCH3 is 1. The third kappa shape index (κ3) is 4.22. The van der Waals surface area contributed by atoms with Crippen LogP contribution in [0.5, 0.6) is 5.75 Å². The van der Waals surface area contributed by atoms with Crippen LogP contribution in [0.25, 0.3) is 0 Å². The normalized spacial score (nSPS) is 12.5. The minimum absolute atomic E-state index is 0.206. The molecular weight excluding hydrogens is 232 g/mol. The molecule has 0 saturated carbocycles. The lowest BCUT2D eigenvalue weighted by Crippen LogP contribution is -2.30. The molecule has 1 aromatic rings. The average molecular weight is 254 g/mol. The van der Waals surface area contributed by atoms with Gasteiger partial charge in [-0.25, -0.2) is 0 Å². The van der Waals surface area contributed by atoms with Gasteiger partial charge in [0.1, 0.15) is 5.75 Å². The highest BCUT2D eigenvalue weighted by Crippen LogP contribution is 2.24. The number of benzene rings is 1. The second-order valence-electron chi connectivity index (χ2n) is 4.02. The summed E-state index contributed by atoms with van der Waals surface area (Å²) >= 11 is 1.93. The summed E-state index contributed by atoms with van der Waals surface area (Å²) in [5.74, 6) is 8.70. The largest absolute Gasteiger partial charge is 0.497 e. The van der Waals surface area contributed by atoms with Crippen LogP contribution < -0.4 is 16.0 Å². The summed E-state index contributed by atoms with van der Waals surface area (Å²) in [6, 6.07) is 6.32. The van der Waals surface area contributed by atoms with E-state index in [0.29, 0.717) is 0 Å². The van der Waals surface area contributed by atoms with E-state index in [1.807, 2.05) is 23.9 Å². The van der Waals surface area contributed by atoms with E-state index in [0.717, 1.165) is 11.5 Å². The van der Waals surface area contributed by atoms with Gasteiger partial charge in [-0.15, -0.1) is 0 Å². The maximum absolute atomic E-state index is 5.63. The summed E-state index contributed by atoms with van der Waals surface area (Å²) in [6.07, 6.45) is 1.20. The highest BCUT2D eigenvalue weighted by Gasteiger charge is 2.12. The van der Waals surface area contributed by atoms with Gasteiger partial charge in [0, 0.05) is 5.75 Å². The van der Waals surface area contributed by atoms with Gasteiger partial charge in [-0.1, -0.05) is 13.0 Å². The molecule has 3 N–H and O–H groups in total. The zero-order valence-electron chi connectivity index (χ0n) is 10.8. The molecule has 1 aromatic carbocycles. The van der Waals surface area contributed by atoms with Crippen LogP contribution in [-0.2, 0) is 0 Å². The van der Waals surface area contributed by atoms with Crippen LogP contribution in [0.3, 0.4) is 0 Å². The fourth-order valence-electron chi connectivity index (χ4n) is 1.74. The molecule has 0 amide bonds. The minimum atomic E-state index is 0.206. The Morgan fingerprint density at radius 3 is 2.76 bits per heavy atom. The molecule has 0 spiro atoms. The zero-order valence-corrected chi connectivity index (χ0v) is 11.6. The number of hydrazine groups is 1. The Labute approximate surface area is 108 Å². The number of thioether (sulfide) groups is 1. The van der Waals surface area contributed by atoms with Crippen molar-refractivity contribution in [3.63, 3.8) is 0 Å². The van der Waals surface area contributed by atoms with Crippen LogP contribution in [0.2, 0.25) is 0 Å². The van der Waals surface area contributed by atoms with E-state index in [2.05, 4.69) is 25.3 Å². The van der Waals surface area contributed by atoms with Crippen LogP contribution in [-0.4, -0.2) is 18.6 Å². The molecule has 0 heterocycles. The fraction of sp³-hybridized carbons (Fsp3) is 0.538. The third-order valence-electron chi connectivity index (χ3n) is 2.69. The molecule has 0 aliphatic rings. The predicted molar refractivity (Wildman–Crippen MR) is 75.4 cm³/mol. The highest BCUT2D eigenvalue weighted by molar-refractivity contribution is 7.99. The van der Waals surface area contributed by atoms with Crippen molar-refractivity contribution >= 4 is 11.8 Å². The van der Waals surface area contributed by atoms with Crippen LogP contribution >= 0.6 is 11.8 Å². The van der Waals surface area contributed by atoms with Crippen molar-refractivity contribution in [1.82, 2.24) is 5.43 Å². The molecule has 0 bridgehead atoms. The summed E-state index contributed by atoms with van der Waals surface area (Å²) in [7, 11) is 1.68. The summed E-state index contributed by atoms with van der Waals surface area (Å²) in [5.41, 5.74) is 5.35. The molecule has 0 fully saturated rings. The number of rotatable bonds is 7. The maximum Gasteiger partial charge on any atom is 0.119 e. The molecule has 0 aliphatic heterocycles. The van der Waals surface area contributed by atoms with E-state index >= 15 is 0 Å². The summed E-state index contributed by atoms with van der Waals surface area (Å²) < 4.78 is 5.21. The van der Waals surface area contributed by atoms with Crippen molar-refractivity contribution in [2.24, 2.45) is 5.84 Å². The Kier molecular flexibility index (Phi) is 6.40. The monoisotopic (exact) mass is 254 g/mol. The molecular formula is C13H22N2OS. The number of hydrogen-bond acceptors (Lipinski definition) is 4. The topological polar surface area (TPSA) is 47.3 Å². The van der Waals surface area contributed by atoms with Gasteiger partial charge in [0.25, 0.3) is 0 Å². The van der Waals surface area contributed by atoms with Crippen LogP contribution in [0.1, 0.15) is 30.5 Å². The molecule has 4 heteroatoms. The minimum Gasteiger partial charge on any atom is -0.497 e. The standard InChI is InChI=1S/C13H22N2OS/c1-4-7-17-9-13(15-14)12-6-5-11(16-3)8-10(12)2/h5-6,8,13,15H,4,7,9,14H2,1-3H3. The van der Waals surface area contributed by atoms with Gasteiger partial charge in [-0.2, -0.15) is 11.8 Å². The first-order chi connectivity index (χ1) is 8.22. The first kappa shape index (κ1) is 14.4. The fourth-order valence-corrected chi connectivity index (χ4v) is 2.71. The van der Waals surface area contributed by atoms with E-state index in [1.165, 1.54) is 23.3 Å². The highest BCUT2D eigenvalue weighted by atomic mass is 32.2. The first-order valence-corrected chi connectivity index (χ1v) is 7.06. The van der Waals surface area contributed by atoms with Gasteiger partial charge in [0.15, 0.2) is 0 Å². The average Bonchev–Trinajstić information content (AvgIpc) is 2.35. The second-order valence-corrected chi connectivity index (χ2v) is 5.17. The van der Waals surface area contributed by atoms with Gasteiger partial charge in [0.05, 0.1) is 13.2 Å². The van der Waals surface area contributed by atoms with Crippen LogP contribution in [0.15, 0.2) is 18.2 Å².